The quantitative estimate of drug-likeness (QED) is 0.767. The lowest BCUT2D eigenvalue weighted by molar-refractivity contribution is -0.214. The molecular formula is C12H19FO5. The van der Waals surface area contributed by atoms with E-state index in [0.29, 0.717) is 26.1 Å². The highest BCUT2D eigenvalue weighted by Crippen LogP contribution is 2.42. The fourth-order valence-electron chi connectivity index (χ4n) is 2.54. The number of aliphatic hydroxyl groups is 1. The molecule has 2 rings (SSSR count). The molecule has 1 saturated heterocycles. The maximum atomic E-state index is 13.9. The van der Waals surface area contributed by atoms with Crippen molar-refractivity contribution in [2.45, 2.75) is 50.2 Å². The minimum absolute atomic E-state index is 0.103. The smallest absolute Gasteiger partial charge is 0.343 e. The van der Waals surface area contributed by atoms with Gasteiger partial charge in [0.15, 0.2) is 5.79 Å². The fourth-order valence-corrected chi connectivity index (χ4v) is 2.54. The second-order valence-electron chi connectivity index (χ2n) is 4.83. The van der Waals surface area contributed by atoms with Gasteiger partial charge in [-0.2, -0.15) is 0 Å². The van der Waals surface area contributed by atoms with Gasteiger partial charge in [0, 0.05) is 12.8 Å². The third kappa shape index (κ3) is 2.50. The zero-order chi connectivity index (χ0) is 13.2. The molecule has 0 aromatic rings. The van der Waals surface area contributed by atoms with Crippen molar-refractivity contribution < 1.29 is 28.5 Å². The summed E-state index contributed by atoms with van der Waals surface area (Å²) in [6, 6.07) is 0. The van der Waals surface area contributed by atoms with Gasteiger partial charge in [-0.1, -0.05) is 0 Å². The van der Waals surface area contributed by atoms with Crippen molar-refractivity contribution >= 4 is 5.97 Å². The van der Waals surface area contributed by atoms with Gasteiger partial charge in [0.1, 0.15) is 5.60 Å². The van der Waals surface area contributed by atoms with Gasteiger partial charge in [0.05, 0.1) is 19.8 Å². The van der Waals surface area contributed by atoms with E-state index < -0.39 is 23.5 Å². The van der Waals surface area contributed by atoms with Gasteiger partial charge in [0.2, 0.25) is 6.17 Å². The van der Waals surface area contributed by atoms with E-state index in [0.717, 1.165) is 0 Å². The van der Waals surface area contributed by atoms with Crippen LogP contribution in [0.2, 0.25) is 0 Å². The van der Waals surface area contributed by atoms with Crippen LogP contribution in [-0.4, -0.2) is 48.5 Å². The van der Waals surface area contributed by atoms with Crippen LogP contribution in [0.25, 0.3) is 0 Å². The van der Waals surface area contributed by atoms with Gasteiger partial charge in [-0.05, 0) is 19.8 Å². The summed E-state index contributed by atoms with van der Waals surface area (Å²) in [6.45, 7) is 2.75. The van der Waals surface area contributed by atoms with Crippen molar-refractivity contribution in [1.82, 2.24) is 0 Å². The Balaban J connectivity index is 1.95. The maximum absolute atomic E-state index is 13.9. The third-order valence-electron chi connectivity index (χ3n) is 3.66. The van der Waals surface area contributed by atoms with E-state index in [1.54, 1.807) is 6.92 Å². The highest BCUT2D eigenvalue weighted by Gasteiger charge is 2.51. The molecule has 0 amide bonds. The lowest BCUT2D eigenvalue weighted by Crippen LogP contribution is -2.51. The minimum atomic E-state index is -2.00. The zero-order valence-corrected chi connectivity index (χ0v) is 10.5. The van der Waals surface area contributed by atoms with Crippen molar-refractivity contribution in [1.29, 1.82) is 0 Å². The molecule has 0 bridgehead atoms. The van der Waals surface area contributed by atoms with Crippen molar-refractivity contribution in [2.75, 3.05) is 19.8 Å². The molecule has 1 saturated carbocycles. The molecule has 1 atom stereocenters. The van der Waals surface area contributed by atoms with Gasteiger partial charge in [-0.3, -0.25) is 0 Å². The summed E-state index contributed by atoms with van der Waals surface area (Å²) in [5, 5.41) is 10.2. The number of hydrogen-bond acceptors (Lipinski definition) is 5. The topological polar surface area (TPSA) is 65.0 Å². The van der Waals surface area contributed by atoms with Gasteiger partial charge in [-0.25, -0.2) is 9.18 Å². The number of carbonyl (C=O) groups excluding carboxylic acids is 1. The van der Waals surface area contributed by atoms with Gasteiger partial charge < -0.3 is 19.3 Å². The lowest BCUT2D eigenvalue weighted by atomic mass is 9.78. The molecule has 6 heteroatoms. The summed E-state index contributed by atoms with van der Waals surface area (Å²) in [5.41, 5.74) is -1.66. The number of hydrogen-bond donors (Lipinski definition) is 1. The molecule has 2 fully saturated rings. The molecular weight excluding hydrogens is 243 g/mol. The van der Waals surface area contributed by atoms with Gasteiger partial charge in [-0.15, -0.1) is 0 Å². The van der Waals surface area contributed by atoms with E-state index in [9.17, 15) is 14.3 Å². The monoisotopic (exact) mass is 262 g/mol. The Kier molecular flexibility index (Phi) is 3.89. The predicted octanol–water partition coefficient (Wildman–Crippen LogP) is 0.936. The summed E-state index contributed by atoms with van der Waals surface area (Å²) in [4.78, 5) is 11.3. The van der Waals surface area contributed by atoms with E-state index in [1.807, 2.05) is 0 Å². The van der Waals surface area contributed by atoms with Crippen LogP contribution >= 0.6 is 0 Å². The number of rotatable bonds is 3. The van der Waals surface area contributed by atoms with Crippen LogP contribution in [0.5, 0.6) is 0 Å². The zero-order valence-electron chi connectivity index (χ0n) is 10.5. The predicted molar refractivity (Wildman–Crippen MR) is 59.6 cm³/mol. The summed E-state index contributed by atoms with van der Waals surface area (Å²) in [6.07, 6.45) is -0.955. The van der Waals surface area contributed by atoms with Crippen molar-refractivity contribution in [3.8, 4) is 0 Å². The van der Waals surface area contributed by atoms with E-state index in [-0.39, 0.29) is 19.4 Å². The van der Waals surface area contributed by atoms with E-state index in [1.165, 1.54) is 0 Å². The van der Waals surface area contributed by atoms with Crippen molar-refractivity contribution in [2.24, 2.45) is 0 Å². The van der Waals surface area contributed by atoms with E-state index in [2.05, 4.69) is 4.74 Å². The average Bonchev–Trinajstić information content (AvgIpc) is 2.82. The Bertz CT molecular complexity index is 304. The standard InChI is InChI=1S/C12H19FO5/c1-2-16-10(14)9(13)11(15)3-5-12(6-4-11)17-7-8-18-12/h9,15H,2-8H2,1H3. The van der Waals surface area contributed by atoms with Crippen LogP contribution < -0.4 is 0 Å². The van der Waals surface area contributed by atoms with Gasteiger partial charge >= 0.3 is 5.97 Å². The Morgan fingerprint density at radius 3 is 2.39 bits per heavy atom. The molecule has 2 aliphatic rings. The molecule has 1 aliphatic heterocycles. The lowest BCUT2D eigenvalue weighted by Gasteiger charge is -2.41. The summed E-state index contributed by atoms with van der Waals surface area (Å²) in [5.74, 6) is -1.68. The van der Waals surface area contributed by atoms with E-state index >= 15 is 0 Å². The summed E-state index contributed by atoms with van der Waals surface area (Å²) >= 11 is 0. The van der Waals surface area contributed by atoms with E-state index in [4.69, 9.17) is 9.47 Å². The summed E-state index contributed by atoms with van der Waals surface area (Å²) < 4.78 is 29.5. The highest BCUT2D eigenvalue weighted by molar-refractivity contribution is 5.76. The molecule has 0 radical (unpaired) electrons. The van der Waals surface area contributed by atoms with Crippen LogP contribution in [-0.2, 0) is 19.0 Å². The number of alkyl halides is 1. The van der Waals surface area contributed by atoms with Crippen molar-refractivity contribution in [3.05, 3.63) is 0 Å². The average molecular weight is 262 g/mol. The SMILES string of the molecule is CCOC(=O)C(F)C1(O)CCC2(CC1)OCCO2. The molecule has 5 nitrogen and oxygen atoms in total. The minimum Gasteiger partial charge on any atom is -0.464 e. The van der Waals surface area contributed by atoms with Crippen molar-refractivity contribution in [3.63, 3.8) is 0 Å². The molecule has 1 N–H and O–H groups in total. The Morgan fingerprint density at radius 1 is 1.33 bits per heavy atom. The largest absolute Gasteiger partial charge is 0.464 e. The molecule has 1 aliphatic carbocycles. The third-order valence-corrected chi connectivity index (χ3v) is 3.66. The van der Waals surface area contributed by atoms with Crippen LogP contribution in [0.4, 0.5) is 4.39 Å². The fraction of sp³-hybridized carbons (Fsp3) is 0.917. The maximum Gasteiger partial charge on any atom is 0.343 e. The highest BCUT2D eigenvalue weighted by atomic mass is 19.1. The first kappa shape index (κ1) is 13.7. The van der Waals surface area contributed by atoms with Crippen LogP contribution in [0.15, 0.2) is 0 Å². The second-order valence-corrected chi connectivity index (χ2v) is 4.83. The number of halogens is 1. The van der Waals surface area contributed by atoms with Crippen LogP contribution in [0, 0.1) is 0 Å². The molecule has 0 aromatic carbocycles. The Hall–Kier alpha value is -0.720. The molecule has 0 aromatic heterocycles. The normalized spacial score (nSPS) is 27.1. The Labute approximate surface area is 105 Å². The number of carbonyl (C=O) groups is 1. The second kappa shape index (κ2) is 5.11. The number of ether oxygens (including phenoxy) is 3. The molecule has 104 valence electrons. The summed E-state index contributed by atoms with van der Waals surface area (Å²) in [7, 11) is 0. The first-order chi connectivity index (χ1) is 8.51. The van der Waals surface area contributed by atoms with Gasteiger partial charge in [0.25, 0.3) is 0 Å². The van der Waals surface area contributed by atoms with Crippen LogP contribution in [0.1, 0.15) is 32.6 Å². The molecule has 18 heavy (non-hydrogen) atoms. The molecule has 1 unspecified atom stereocenters. The van der Waals surface area contributed by atoms with Crippen LogP contribution in [0.3, 0.4) is 0 Å². The first-order valence-electron chi connectivity index (χ1n) is 6.32. The first-order valence-corrected chi connectivity index (χ1v) is 6.32. The molecule has 1 spiro atoms. The molecule has 1 heterocycles. The Morgan fingerprint density at radius 2 is 1.89 bits per heavy atom. The number of esters is 1.